The second kappa shape index (κ2) is 9.66. The molecule has 0 radical (unpaired) electrons. The van der Waals surface area contributed by atoms with Gasteiger partial charge in [-0.2, -0.15) is 0 Å². The van der Waals surface area contributed by atoms with Gasteiger partial charge >= 0.3 is 0 Å². The van der Waals surface area contributed by atoms with E-state index in [0.29, 0.717) is 14.1 Å². The van der Waals surface area contributed by atoms with Gasteiger partial charge in [-0.1, -0.05) is 38.0 Å². The maximum Gasteiger partial charge on any atom is 0.268 e. The molecule has 0 saturated heterocycles. The molecule has 2 heterocycles. The number of nitrogens with zero attached hydrogens (tertiary/aromatic N) is 1. The third kappa shape index (κ3) is 5.09. The predicted octanol–water partition coefficient (Wildman–Crippen LogP) is 3.57. The summed E-state index contributed by atoms with van der Waals surface area (Å²) >= 11 is 2.72. The zero-order valence-electron chi connectivity index (χ0n) is 16.0. The summed E-state index contributed by atoms with van der Waals surface area (Å²) < 4.78 is 8.49. The highest BCUT2D eigenvalue weighted by molar-refractivity contribution is 7.12. The summed E-state index contributed by atoms with van der Waals surface area (Å²) in [6.45, 7) is 2.89. The Morgan fingerprint density at radius 3 is 2.64 bits per heavy atom. The Kier molecular flexibility index (Phi) is 7.01. The molecule has 4 nitrogen and oxygen atoms in total. The topological polar surface area (TPSA) is 48.3 Å². The second-order valence-corrected chi connectivity index (χ2v) is 8.43. The molecule has 1 aromatic carbocycles. The van der Waals surface area contributed by atoms with Gasteiger partial charge in [0, 0.05) is 13.1 Å². The normalized spacial score (nSPS) is 12.5. The number of carbonyl (C=O) groups excluding carboxylic acids is 1. The van der Waals surface area contributed by atoms with E-state index in [2.05, 4.69) is 6.92 Å². The van der Waals surface area contributed by atoms with E-state index in [0.717, 1.165) is 24.3 Å². The van der Waals surface area contributed by atoms with Crippen LogP contribution < -0.4 is 19.5 Å². The van der Waals surface area contributed by atoms with Crippen LogP contribution in [0.25, 0.3) is 12.2 Å². The zero-order chi connectivity index (χ0) is 19.9. The molecule has 0 saturated carbocycles. The lowest BCUT2D eigenvalue weighted by molar-refractivity contribution is 0.106. The van der Waals surface area contributed by atoms with Crippen molar-refractivity contribution in [1.82, 2.24) is 4.57 Å². The Morgan fingerprint density at radius 2 is 1.96 bits per heavy atom. The van der Waals surface area contributed by atoms with Gasteiger partial charge in [-0.05, 0) is 41.6 Å². The van der Waals surface area contributed by atoms with E-state index in [9.17, 15) is 9.59 Å². The van der Waals surface area contributed by atoms with Crippen LogP contribution in [0.2, 0.25) is 0 Å². The number of rotatable bonds is 8. The number of hydrogen-bond acceptors (Lipinski definition) is 5. The first-order valence-corrected chi connectivity index (χ1v) is 11.0. The molecule has 0 atom stereocenters. The number of aromatic nitrogens is 1. The van der Waals surface area contributed by atoms with Gasteiger partial charge in [0.2, 0.25) is 0 Å². The average Bonchev–Trinajstić information content (AvgIpc) is 3.32. The average molecular weight is 414 g/mol. The van der Waals surface area contributed by atoms with E-state index in [4.69, 9.17) is 4.74 Å². The lowest BCUT2D eigenvalue weighted by Crippen LogP contribution is -2.29. The smallest absolute Gasteiger partial charge is 0.268 e. The summed E-state index contributed by atoms with van der Waals surface area (Å²) in [5, 5.41) is 1.87. The van der Waals surface area contributed by atoms with Gasteiger partial charge < -0.3 is 9.30 Å². The van der Waals surface area contributed by atoms with Crippen molar-refractivity contribution in [2.24, 2.45) is 7.05 Å². The van der Waals surface area contributed by atoms with Gasteiger partial charge in [-0.15, -0.1) is 22.7 Å². The van der Waals surface area contributed by atoms with Crippen LogP contribution in [0.4, 0.5) is 0 Å². The molecule has 0 unspecified atom stereocenters. The van der Waals surface area contributed by atoms with Crippen molar-refractivity contribution in [2.45, 2.75) is 26.2 Å². The maximum atomic E-state index is 12.5. The number of thiophene rings is 1. The molecule has 0 fully saturated rings. The molecule has 3 aromatic rings. The maximum absolute atomic E-state index is 12.5. The Morgan fingerprint density at radius 1 is 1.18 bits per heavy atom. The number of benzene rings is 1. The molecule has 0 amide bonds. The number of unbranched alkanes of at least 4 members (excludes halogenated alkanes) is 2. The summed E-state index contributed by atoms with van der Waals surface area (Å²) in [6, 6.07) is 11.3. The predicted molar refractivity (Wildman–Crippen MR) is 117 cm³/mol. The number of thiazole rings is 1. The van der Waals surface area contributed by atoms with Crippen LogP contribution in [0.15, 0.2) is 46.6 Å². The van der Waals surface area contributed by atoms with Crippen LogP contribution in [-0.2, 0) is 7.05 Å². The van der Waals surface area contributed by atoms with E-state index in [1.54, 1.807) is 13.1 Å². The highest BCUT2D eigenvalue weighted by Gasteiger charge is 2.06. The molecule has 0 spiro atoms. The summed E-state index contributed by atoms with van der Waals surface area (Å²) in [5.41, 5.74) is 0.825. The second-order valence-electron chi connectivity index (χ2n) is 6.42. The van der Waals surface area contributed by atoms with Crippen LogP contribution in [-0.4, -0.2) is 17.0 Å². The summed E-state index contributed by atoms with van der Waals surface area (Å²) in [7, 11) is 1.69. The molecule has 28 heavy (non-hydrogen) atoms. The first kappa shape index (κ1) is 20.3. The van der Waals surface area contributed by atoms with E-state index in [1.807, 2.05) is 41.8 Å². The standard InChI is InChI=1S/C22H23NO3S2/c1-3-4-5-12-26-17-10-8-16(9-11-17)14-20-22(25)23(2)21(28-20)15-18(24)19-7-6-13-27-19/h6-11,13-15H,3-5,12H2,1-2H3/b20-14-,21-15-. The number of ketones is 1. The molecule has 6 heteroatoms. The van der Waals surface area contributed by atoms with E-state index in [1.165, 1.54) is 46.2 Å². The van der Waals surface area contributed by atoms with Crippen molar-refractivity contribution in [3.05, 3.63) is 71.8 Å². The number of ether oxygens (including phenoxy) is 1. The molecule has 0 aliphatic heterocycles. The number of Topliss-reactive ketones (excluding diaryl/α,β-unsaturated/α-hetero) is 1. The third-order valence-electron chi connectivity index (χ3n) is 4.27. The first-order valence-electron chi connectivity index (χ1n) is 9.28. The van der Waals surface area contributed by atoms with Crippen LogP contribution in [0, 0.1) is 0 Å². The minimum atomic E-state index is -0.102. The van der Waals surface area contributed by atoms with Gasteiger partial charge in [0.1, 0.15) is 10.4 Å². The van der Waals surface area contributed by atoms with E-state index in [-0.39, 0.29) is 11.3 Å². The third-order valence-corrected chi connectivity index (χ3v) is 6.27. The van der Waals surface area contributed by atoms with Crippen LogP contribution in [0.1, 0.15) is 41.4 Å². The molecule has 0 aliphatic rings. The molecule has 146 valence electrons. The molecular formula is C22H23NO3S2. The van der Waals surface area contributed by atoms with E-state index < -0.39 is 0 Å². The molecular weight excluding hydrogens is 390 g/mol. The minimum absolute atomic E-state index is 0.0806. The van der Waals surface area contributed by atoms with Crippen LogP contribution >= 0.6 is 22.7 Å². The van der Waals surface area contributed by atoms with Gasteiger partial charge in [0.25, 0.3) is 5.56 Å². The van der Waals surface area contributed by atoms with Crippen molar-refractivity contribution >= 4 is 40.6 Å². The summed E-state index contributed by atoms with van der Waals surface area (Å²) in [4.78, 5) is 25.5. The first-order chi connectivity index (χ1) is 13.6. The lowest BCUT2D eigenvalue weighted by atomic mass is 10.2. The van der Waals surface area contributed by atoms with Crippen molar-refractivity contribution in [3.63, 3.8) is 0 Å². The summed E-state index contributed by atoms with van der Waals surface area (Å²) in [5.74, 6) is 0.755. The fraction of sp³-hybridized carbons (Fsp3) is 0.273. The number of hydrogen-bond donors (Lipinski definition) is 0. The molecule has 0 N–H and O–H groups in total. The van der Waals surface area contributed by atoms with Crippen molar-refractivity contribution in [3.8, 4) is 5.75 Å². The van der Waals surface area contributed by atoms with E-state index >= 15 is 0 Å². The molecule has 0 bridgehead atoms. The fourth-order valence-electron chi connectivity index (χ4n) is 2.66. The van der Waals surface area contributed by atoms with Gasteiger partial charge in [-0.3, -0.25) is 9.59 Å². The van der Waals surface area contributed by atoms with Crippen LogP contribution in [0.5, 0.6) is 5.75 Å². The molecule has 2 aromatic heterocycles. The Labute approximate surface area is 172 Å². The van der Waals surface area contributed by atoms with Gasteiger partial charge in [0.15, 0.2) is 5.78 Å². The van der Waals surface area contributed by atoms with Crippen LogP contribution in [0.3, 0.4) is 0 Å². The Balaban J connectivity index is 1.81. The van der Waals surface area contributed by atoms with Gasteiger partial charge in [-0.25, -0.2) is 0 Å². The molecule has 3 rings (SSSR count). The highest BCUT2D eigenvalue weighted by Crippen LogP contribution is 2.13. The SMILES string of the molecule is CCCCCOc1ccc(/C=c2\s/c(=C\C(=O)c3cccs3)n(C)c2=O)cc1. The number of carbonyl (C=O) groups is 1. The Hall–Kier alpha value is -2.44. The lowest BCUT2D eigenvalue weighted by Gasteiger charge is -2.05. The van der Waals surface area contributed by atoms with Gasteiger partial charge in [0.05, 0.1) is 16.0 Å². The largest absolute Gasteiger partial charge is 0.494 e. The fourth-order valence-corrected chi connectivity index (χ4v) is 4.33. The summed E-state index contributed by atoms with van der Waals surface area (Å²) in [6.07, 6.45) is 6.77. The highest BCUT2D eigenvalue weighted by atomic mass is 32.1. The monoisotopic (exact) mass is 413 g/mol. The van der Waals surface area contributed by atoms with Crippen molar-refractivity contribution in [2.75, 3.05) is 6.61 Å². The zero-order valence-corrected chi connectivity index (χ0v) is 17.6. The minimum Gasteiger partial charge on any atom is -0.494 e. The van der Waals surface area contributed by atoms with Crippen molar-refractivity contribution < 1.29 is 9.53 Å². The quantitative estimate of drug-likeness (QED) is 0.419. The van der Waals surface area contributed by atoms with Crippen molar-refractivity contribution in [1.29, 1.82) is 0 Å². The molecule has 0 aliphatic carbocycles. The Bertz CT molecular complexity index is 1090.